The van der Waals surface area contributed by atoms with Crippen molar-refractivity contribution >= 4 is 28.8 Å². The van der Waals surface area contributed by atoms with E-state index < -0.39 is 0 Å². The van der Waals surface area contributed by atoms with Gasteiger partial charge in [-0.1, -0.05) is 29.8 Å². The third-order valence-electron chi connectivity index (χ3n) is 4.43. The normalized spacial score (nSPS) is 11.4. The molecule has 0 aliphatic carbocycles. The zero-order chi connectivity index (χ0) is 19.4. The highest BCUT2D eigenvalue weighted by atomic mass is 16.3. The number of amides is 1. The fourth-order valence-corrected chi connectivity index (χ4v) is 3.09. The highest BCUT2D eigenvalue weighted by Crippen LogP contribution is 2.37. The van der Waals surface area contributed by atoms with E-state index in [0.29, 0.717) is 24.4 Å². The topological polar surface area (TPSA) is 106 Å². The van der Waals surface area contributed by atoms with Gasteiger partial charge in [-0.15, -0.1) is 0 Å². The average molecular weight is 365 g/mol. The summed E-state index contributed by atoms with van der Waals surface area (Å²) in [5.74, 6) is 0.177. The maximum absolute atomic E-state index is 11.8. The summed E-state index contributed by atoms with van der Waals surface area (Å²) < 4.78 is 1.97. The maximum atomic E-state index is 11.8. The number of aryl methyl sites for hydroxylation is 2. The van der Waals surface area contributed by atoms with Crippen LogP contribution in [0.25, 0.3) is 28.2 Å². The molecule has 0 radical (unpaired) electrons. The van der Waals surface area contributed by atoms with Gasteiger partial charge in [-0.25, -0.2) is 9.97 Å². The van der Waals surface area contributed by atoms with E-state index in [-0.39, 0.29) is 12.5 Å². The van der Waals surface area contributed by atoms with E-state index in [1.54, 1.807) is 13.1 Å². The Labute approximate surface area is 157 Å². The molecular weight excluding hydrogens is 342 g/mol. The zero-order valence-electron chi connectivity index (χ0n) is 15.4. The number of nitrogens with zero attached hydrogens (tertiary/aromatic N) is 3. The molecule has 1 aromatic carbocycles. The quantitative estimate of drug-likeness (QED) is 0.580. The zero-order valence-corrected chi connectivity index (χ0v) is 15.4. The molecule has 0 spiro atoms. The SMILES string of the molecule is CNC(=O)/C=C/c1c(-c2ccc(C)cc2)c2c(N)ncnc2n1CCCO. The summed E-state index contributed by atoms with van der Waals surface area (Å²) in [6, 6.07) is 8.09. The van der Waals surface area contributed by atoms with E-state index in [4.69, 9.17) is 5.73 Å². The van der Waals surface area contributed by atoms with E-state index in [1.807, 2.05) is 35.8 Å². The first kappa shape index (κ1) is 18.6. The Balaban J connectivity index is 2.33. The minimum atomic E-state index is -0.206. The molecule has 0 aliphatic heterocycles. The molecule has 140 valence electrons. The summed E-state index contributed by atoms with van der Waals surface area (Å²) >= 11 is 0. The molecule has 0 aliphatic rings. The highest BCUT2D eigenvalue weighted by molar-refractivity contribution is 6.05. The maximum Gasteiger partial charge on any atom is 0.243 e. The van der Waals surface area contributed by atoms with Crippen LogP contribution in [0.1, 0.15) is 17.7 Å². The van der Waals surface area contributed by atoms with Crippen molar-refractivity contribution < 1.29 is 9.90 Å². The summed E-state index contributed by atoms with van der Waals surface area (Å²) in [5.41, 5.74) is 10.7. The van der Waals surface area contributed by atoms with Crippen molar-refractivity contribution in [2.24, 2.45) is 0 Å². The molecule has 7 heteroatoms. The number of carbonyl (C=O) groups is 1. The number of nitrogens with one attached hydrogen (secondary N) is 1. The second-order valence-corrected chi connectivity index (χ2v) is 6.26. The van der Waals surface area contributed by atoms with E-state index in [2.05, 4.69) is 15.3 Å². The Bertz CT molecular complexity index is 990. The van der Waals surface area contributed by atoms with Crippen LogP contribution < -0.4 is 11.1 Å². The van der Waals surface area contributed by atoms with E-state index >= 15 is 0 Å². The molecule has 2 heterocycles. The van der Waals surface area contributed by atoms with Gasteiger partial charge >= 0.3 is 0 Å². The fraction of sp³-hybridized carbons (Fsp3) is 0.250. The molecular formula is C20H23N5O2. The highest BCUT2D eigenvalue weighted by Gasteiger charge is 2.20. The summed E-state index contributed by atoms with van der Waals surface area (Å²) in [6.07, 6.45) is 5.22. The summed E-state index contributed by atoms with van der Waals surface area (Å²) in [5, 5.41) is 12.6. The van der Waals surface area contributed by atoms with Crippen molar-refractivity contribution in [3.05, 3.63) is 47.9 Å². The van der Waals surface area contributed by atoms with Crippen molar-refractivity contribution in [1.82, 2.24) is 19.9 Å². The van der Waals surface area contributed by atoms with Crippen molar-refractivity contribution in [3.63, 3.8) is 0 Å². The Morgan fingerprint density at radius 3 is 2.70 bits per heavy atom. The number of benzene rings is 1. The minimum Gasteiger partial charge on any atom is -0.396 e. The van der Waals surface area contributed by atoms with Gasteiger partial charge in [0, 0.05) is 31.8 Å². The number of likely N-dealkylation sites (N-methyl/N-ethyl adjacent to an activating group) is 1. The molecule has 0 saturated heterocycles. The Morgan fingerprint density at radius 2 is 2.04 bits per heavy atom. The number of nitrogen functional groups attached to an aromatic ring is 1. The van der Waals surface area contributed by atoms with Gasteiger partial charge in [0.05, 0.1) is 11.1 Å². The molecule has 0 unspecified atom stereocenters. The smallest absolute Gasteiger partial charge is 0.243 e. The summed E-state index contributed by atoms with van der Waals surface area (Å²) in [6.45, 7) is 2.62. The standard InChI is InChI=1S/C20H23N5O2/c1-13-4-6-14(7-5-13)17-15(8-9-16(27)22-2)25(10-3-11-26)20-18(17)19(21)23-12-24-20/h4-9,12,26H,3,10-11H2,1-2H3,(H,22,27)(H2,21,23,24)/b9-8+. The van der Waals surface area contributed by atoms with Crippen LogP contribution in [-0.2, 0) is 11.3 Å². The van der Waals surface area contributed by atoms with E-state index in [1.165, 1.54) is 12.4 Å². The summed E-state index contributed by atoms with van der Waals surface area (Å²) in [7, 11) is 1.58. The molecule has 0 atom stereocenters. The van der Waals surface area contributed by atoms with E-state index in [9.17, 15) is 9.90 Å². The molecule has 0 saturated carbocycles. The number of aromatic nitrogens is 3. The van der Waals surface area contributed by atoms with Crippen LogP contribution in [0.15, 0.2) is 36.7 Å². The van der Waals surface area contributed by atoms with Crippen molar-refractivity contribution in [1.29, 1.82) is 0 Å². The first-order valence-electron chi connectivity index (χ1n) is 8.77. The van der Waals surface area contributed by atoms with Crippen molar-refractivity contribution in [2.45, 2.75) is 19.9 Å². The largest absolute Gasteiger partial charge is 0.396 e. The number of fused-ring (bicyclic) bond motifs is 1. The second-order valence-electron chi connectivity index (χ2n) is 6.26. The van der Waals surface area contributed by atoms with Gasteiger partial charge in [-0.05, 0) is 25.0 Å². The molecule has 4 N–H and O–H groups in total. The van der Waals surface area contributed by atoms with Crippen LogP contribution in [0, 0.1) is 6.92 Å². The molecule has 0 fully saturated rings. The number of anilines is 1. The average Bonchev–Trinajstić information content (AvgIpc) is 2.99. The molecule has 3 rings (SSSR count). The Kier molecular flexibility index (Phi) is 5.52. The predicted molar refractivity (Wildman–Crippen MR) is 107 cm³/mol. The van der Waals surface area contributed by atoms with Crippen LogP contribution >= 0.6 is 0 Å². The van der Waals surface area contributed by atoms with Crippen LogP contribution in [0.5, 0.6) is 0 Å². The monoisotopic (exact) mass is 365 g/mol. The molecule has 7 nitrogen and oxygen atoms in total. The molecule has 2 aromatic heterocycles. The Hall–Kier alpha value is -3.19. The van der Waals surface area contributed by atoms with Gasteiger partial charge in [0.25, 0.3) is 0 Å². The lowest BCUT2D eigenvalue weighted by molar-refractivity contribution is -0.115. The lowest BCUT2D eigenvalue weighted by Crippen LogP contribution is -2.14. The number of nitrogens with two attached hydrogens (primary N) is 1. The van der Waals surface area contributed by atoms with Crippen LogP contribution in [0.4, 0.5) is 5.82 Å². The third-order valence-corrected chi connectivity index (χ3v) is 4.43. The first-order chi connectivity index (χ1) is 13.1. The van der Waals surface area contributed by atoms with Crippen LogP contribution in [0.3, 0.4) is 0 Å². The summed E-state index contributed by atoms with van der Waals surface area (Å²) in [4.78, 5) is 20.4. The minimum absolute atomic E-state index is 0.0543. The van der Waals surface area contributed by atoms with Crippen LogP contribution in [-0.4, -0.2) is 39.2 Å². The second kappa shape index (κ2) is 8.01. The third kappa shape index (κ3) is 3.68. The van der Waals surface area contributed by atoms with E-state index in [0.717, 1.165) is 27.8 Å². The molecule has 3 aromatic rings. The van der Waals surface area contributed by atoms with Gasteiger partial charge in [0.1, 0.15) is 17.8 Å². The number of carbonyl (C=O) groups excluding carboxylic acids is 1. The van der Waals surface area contributed by atoms with Gasteiger partial charge in [-0.3, -0.25) is 4.79 Å². The van der Waals surface area contributed by atoms with Crippen LogP contribution in [0.2, 0.25) is 0 Å². The number of aliphatic hydroxyl groups excluding tert-OH is 1. The number of aliphatic hydroxyl groups is 1. The van der Waals surface area contributed by atoms with Crippen molar-refractivity contribution in [3.8, 4) is 11.1 Å². The van der Waals surface area contributed by atoms with Crippen molar-refractivity contribution in [2.75, 3.05) is 19.4 Å². The molecule has 27 heavy (non-hydrogen) atoms. The lowest BCUT2D eigenvalue weighted by atomic mass is 10.0. The van der Waals surface area contributed by atoms with Gasteiger partial charge in [-0.2, -0.15) is 0 Å². The number of hydrogen-bond donors (Lipinski definition) is 3. The first-order valence-corrected chi connectivity index (χ1v) is 8.77. The van der Waals surface area contributed by atoms with Gasteiger partial charge < -0.3 is 20.7 Å². The van der Waals surface area contributed by atoms with Gasteiger partial charge in [0.15, 0.2) is 0 Å². The van der Waals surface area contributed by atoms with Gasteiger partial charge in [0.2, 0.25) is 5.91 Å². The predicted octanol–water partition coefficient (Wildman–Crippen LogP) is 2.13. The lowest BCUT2D eigenvalue weighted by Gasteiger charge is -2.08. The molecule has 1 amide bonds. The fourth-order valence-electron chi connectivity index (χ4n) is 3.09. The Morgan fingerprint density at radius 1 is 1.30 bits per heavy atom. The number of hydrogen-bond acceptors (Lipinski definition) is 5. The number of rotatable bonds is 6. The molecule has 0 bridgehead atoms.